The molecule has 1 aliphatic heterocycles. The Kier molecular flexibility index (Phi) is 5.19. The molecule has 2 amide bonds. The van der Waals surface area contributed by atoms with Crippen LogP contribution in [0.4, 0.5) is 0 Å². The van der Waals surface area contributed by atoms with Crippen LogP contribution in [0.15, 0.2) is 36.4 Å². The van der Waals surface area contributed by atoms with Gasteiger partial charge >= 0.3 is 0 Å². The summed E-state index contributed by atoms with van der Waals surface area (Å²) < 4.78 is 0. The molecule has 0 unspecified atom stereocenters. The van der Waals surface area contributed by atoms with Crippen LogP contribution in [0, 0.1) is 13.8 Å². The third-order valence-corrected chi connectivity index (χ3v) is 6.12. The van der Waals surface area contributed by atoms with Crippen molar-refractivity contribution in [1.82, 2.24) is 9.80 Å². The maximum absolute atomic E-state index is 13.0. The van der Waals surface area contributed by atoms with Crippen molar-refractivity contribution < 1.29 is 9.59 Å². The maximum atomic E-state index is 13.0. The summed E-state index contributed by atoms with van der Waals surface area (Å²) in [5, 5.41) is 0. The number of benzene rings is 1. The van der Waals surface area contributed by atoms with Crippen LogP contribution >= 0.6 is 11.3 Å². The van der Waals surface area contributed by atoms with Crippen LogP contribution in [-0.4, -0.2) is 47.8 Å². The van der Waals surface area contributed by atoms with E-state index in [1.54, 1.807) is 11.3 Å². The topological polar surface area (TPSA) is 40.6 Å². The molecule has 1 aromatic heterocycles. The molecule has 0 bridgehead atoms. The standard InChI is InChI=1S/C21H26N2O2S/c1-15-14-18(16(2)26-15)19(24)22-10-12-23(13-11-22)20(25)21(3,4)17-8-6-5-7-9-17/h5-9,14H,10-13H2,1-4H3. The first-order valence-electron chi connectivity index (χ1n) is 9.02. The first-order valence-corrected chi connectivity index (χ1v) is 9.83. The molecular weight excluding hydrogens is 344 g/mol. The third kappa shape index (κ3) is 3.54. The van der Waals surface area contributed by atoms with Gasteiger partial charge in [0.05, 0.1) is 11.0 Å². The Bertz CT molecular complexity index is 803. The second-order valence-corrected chi connectivity index (χ2v) is 8.86. The van der Waals surface area contributed by atoms with E-state index in [2.05, 4.69) is 0 Å². The molecule has 1 fully saturated rings. The fourth-order valence-electron chi connectivity index (χ4n) is 3.50. The van der Waals surface area contributed by atoms with Crippen LogP contribution in [-0.2, 0) is 10.2 Å². The van der Waals surface area contributed by atoms with E-state index in [4.69, 9.17) is 0 Å². The summed E-state index contributed by atoms with van der Waals surface area (Å²) >= 11 is 1.66. The number of thiophene rings is 1. The minimum Gasteiger partial charge on any atom is -0.338 e. The molecule has 2 aromatic rings. The highest BCUT2D eigenvalue weighted by Crippen LogP contribution is 2.27. The van der Waals surface area contributed by atoms with Crippen LogP contribution in [0.1, 0.15) is 39.5 Å². The Morgan fingerprint density at radius 2 is 1.54 bits per heavy atom. The largest absolute Gasteiger partial charge is 0.338 e. The fourth-order valence-corrected chi connectivity index (χ4v) is 4.42. The van der Waals surface area contributed by atoms with Gasteiger partial charge in [0.2, 0.25) is 5.91 Å². The number of rotatable bonds is 3. The molecule has 0 spiro atoms. The molecule has 0 atom stereocenters. The summed E-state index contributed by atoms with van der Waals surface area (Å²) in [6, 6.07) is 11.9. The normalized spacial score (nSPS) is 15.2. The molecule has 4 nitrogen and oxygen atoms in total. The average Bonchev–Trinajstić information content (AvgIpc) is 2.99. The van der Waals surface area contributed by atoms with E-state index in [0.717, 1.165) is 20.9 Å². The molecule has 26 heavy (non-hydrogen) atoms. The van der Waals surface area contributed by atoms with Crippen molar-refractivity contribution in [3.63, 3.8) is 0 Å². The second-order valence-electron chi connectivity index (χ2n) is 7.40. The lowest BCUT2D eigenvalue weighted by Crippen LogP contribution is -2.54. The number of amides is 2. The monoisotopic (exact) mass is 370 g/mol. The van der Waals surface area contributed by atoms with Gasteiger partial charge in [-0.1, -0.05) is 30.3 Å². The van der Waals surface area contributed by atoms with Gasteiger partial charge < -0.3 is 9.80 Å². The molecule has 1 saturated heterocycles. The molecule has 0 saturated carbocycles. The van der Waals surface area contributed by atoms with Crippen LogP contribution in [0.2, 0.25) is 0 Å². The van der Waals surface area contributed by atoms with Crippen molar-refractivity contribution in [3.8, 4) is 0 Å². The zero-order valence-electron chi connectivity index (χ0n) is 15.9. The zero-order chi connectivity index (χ0) is 18.9. The molecule has 138 valence electrons. The van der Waals surface area contributed by atoms with E-state index in [1.165, 1.54) is 0 Å². The number of aryl methyl sites for hydroxylation is 2. The summed E-state index contributed by atoms with van der Waals surface area (Å²) in [5.74, 6) is 0.208. The van der Waals surface area contributed by atoms with E-state index < -0.39 is 5.41 Å². The van der Waals surface area contributed by atoms with Crippen molar-refractivity contribution in [2.45, 2.75) is 33.1 Å². The first-order chi connectivity index (χ1) is 12.3. The van der Waals surface area contributed by atoms with Crippen molar-refractivity contribution in [2.75, 3.05) is 26.2 Å². The molecule has 5 heteroatoms. The minimum absolute atomic E-state index is 0.0845. The van der Waals surface area contributed by atoms with Gasteiger partial charge in [0, 0.05) is 35.9 Å². The quantitative estimate of drug-likeness (QED) is 0.828. The van der Waals surface area contributed by atoms with Crippen LogP contribution in [0.3, 0.4) is 0 Å². The summed E-state index contributed by atoms with van der Waals surface area (Å²) in [5.41, 5.74) is 1.26. The predicted octanol–water partition coefficient (Wildman–Crippen LogP) is 3.63. The van der Waals surface area contributed by atoms with Crippen LogP contribution in [0.5, 0.6) is 0 Å². The van der Waals surface area contributed by atoms with Gasteiger partial charge in [-0.05, 0) is 39.3 Å². The molecule has 3 rings (SSSR count). The Hall–Kier alpha value is -2.14. The Morgan fingerprint density at radius 3 is 2.08 bits per heavy atom. The molecule has 1 aliphatic rings. The zero-order valence-corrected chi connectivity index (χ0v) is 16.7. The molecular formula is C21H26N2O2S. The maximum Gasteiger partial charge on any atom is 0.255 e. The second kappa shape index (κ2) is 7.23. The lowest BCUT2D eigenvalue weighted by Gasteiger charge is -2.38. The van der Waals surface area contributed by atoms with Gasteiger partial charge in [-0.15, -0.1) is 11.3 Å². The fraction of sp³-hybridized carbons (Fsp3) is 0.429. The molecule has 1 aromatic carbocycles. The number of nitrogens with zero attached hydrogens (tertiary/aromatic N) is 2. The summed E-state index contributed by atoms with van der Waals surface area (Å²) in [6.45, 7) is 10.3. The van der Waals surface area contributed by atoms with E-state index in [9.17, 15) is 9.59 Å². The highest BCUT2D eigenvalue weighted by atomic mass is 32.1. The number of carbonyl (C=O) groups excluding carboxylic acids is 2. The van der Waals surface area contributed by atoms with Crippen molar-refractivity contribution in [3.05, 3.63) is 57.3 Å². The highest BCUT2D eigenvalue weighted by molar-refractivity contribution is 7.12. The third-order valence-electron chi connectivity index (χ3n) is 5.16. The van der Waals surface area contributed by atoms with Crippen molar-refractivity contribution in [1.29, 1.82) is 0 Å². The van der Waals surface area contributed by atoms with E-state index in [-0.39, 0.29) is 11.8 Å². The Morgan fingerprint density at radius 1 is 0.962 bits per heavy atom. The number of hydrogen-bond acceptors (Lipinski definition) is 3. The van der Waals surface area contributed by atoms with Crippen molar-refractivity contribution >= 4 is 23.2 Å². The first kappa shape index (κ1) is 18.6. The summed E-state index contributed by atoms with van der Waals surface area (Å²) in [7, 11) is 0. The number of carbonyl (C=O) groups is 2. The highest BCUT2D eigenvalue weighted by Gasteiger charge is 2.35. The summed E-state index contributed by atoms with van der Waals surface area (Å²) in [4.78, 5) is 31.8. The van der Waals surface area contributed by atoms with Gasteiger partial charge in [-0.25, -0.2) is 0 Å². The van der Waals surface area contributed by atoms with Crippen molar-refractivity contribution in [2.24, 2.45) is 0 Å². The van der Waals surface area contributed by atoms with E-state index >= 15 is 0 Å². The Labute approximate surface area is 159 Å². The van der Waals surface area contributed by atoms with Crippen LogP contribution < -0.4 is 0 Å². The van der Waals surface area contributed by atoms with Gasteiger partial charge in [0.25, 0.3) is 5.91 Å². The van der Waals surface area contributed by atoms with Gasteiger partial charge in [-0.2, -0.15) is 0 Å². The molecule has 0 N–H and O–H groups in total. The summed E-state index contributed by atoms with van der Waals surface area (Å²) in [6.07, 6.45) is 0. The average molecular weight is 371 g/mol. The lowest BCUT2D eigenvalue weighted by atomic mass is 9.83. The van der Waals surface area contributed by atoms with E-state index in [0.29, 0.717) is 26.2 Å². The minimum atomic E-state index is -0.561. The Balaban J connectivity index is 1.66. The number of hydrogen-bond donors (Lipinski definition) is 0. The van der Waals surface area contributed by atoms with Crippen LogP contribution in [0.25, 0.3) is 0 Å². The molecule has 2 heterocycles. The molecule has 0 aliphatic carbocycles. The smallest absolute Gasteiger partial charge is 0.255 e. The predicted molar refractivity (Wildman–Crippen MR) is 106 cm³/mol. The SMILES string of the molecule is Cc1cc(C(=O)N2CCN(C(=O)C(C)(C)c3ccccc3)CC2)c(C)s1. The van der Waals surface area contributed by atoms with Gasteiger partial charge in [0.15, 0.2) is 0 Å². The van der Waals surface area contributed by atoms with Gasteiger partial charge in [-0.3, -0.25) is 9.59 Å². The van der Waals surface area contributed by atoms with E-state index in [1.807, 2.05) is 73.9 Å². The lowest BCUT2D eigenvalue weighted by molar-refractivity contribution is -0.137. The number of piperazine rings is 1. The van der Waals surface area contributed by atoms with Gasteiger partial charge in [0.1, 0.15) is 0 Å². The molecule has 0 radical (unpaired) electrons.